The van der Waals surface area contributed by atoms with Crippen molar-refractivity contribution in [2.24, 2.45) is 0 Å². The van der Waals surface area contributed by atoms with Crippen molar-refractivity contribution < 1.29 is 14.6 Å². The lowest BCUT2D eigenvalue weighted by atomic mass is 10.1. The van der Waals surface area contributed by atoms with E-state index < -0.39 is 0 Å². The van der Waals surface area contributed by atoms with E-state index in [1.807, 2.05) is 0 Å². The lowest BCUT2D eigenvalue weighted by Crippen LogP contribution is -2.24. The molecule has 0 fully saturated rings. The van der Waals surface area contributed by atoms with E-state index in [-0.39, 0.29) is 11.7 Å². The summed E-state index contributed by atoms with van der Waals surface area (Å²) in [4.78, 5) is 12.0. The van der Waals surface area contributed by atoms with Gasteiger partial charge in [-0.05, 0) is 24.6 Å². The second-order valence-electron chi connectivity index (χ2n) is 5.62. The Kier molecular flexibility index (Phi) is 9.12. The number of aromatic hydroxyl groups is 1. The van der Waals surface area contributed by atoms with Crippen LogP contribution in [0.4, 0.5) is 0 Å². The molecule has 1 aromatic rings. The van der Waals surface area contributed by atoms with Crippen molar-refractivity contribution in [1.82, 2.24) is 5.32 Å². The van der Waals surface area contributed by atoms with Crippen LogP contribution in [0.25, 0.3) is 0 Å². The fourth-order valence-electron chi connectivity index (χ4n) is 2.38. The highest BCUT2D eigenvalue weighted by molar-refractivity contribution is 5.94. The zero-order valence-electron chi connectivity index (χ0n) is 13.9. The highest BCUT2D eigenvalue weighted by Gasteiger charge is 2.08. The number of carbonyl (C=O) groups excluding carboxylic acids is 1. The number of hydrogen-bond acceptors (Lipinski definition) is 3. The van der Waals surface area contributed by atoms with Gasteiger partial charge in [-0.3, -0.25) is 4.79 Å². The number of phenolic OH excluding ortho intramolecular Hbond substituents is 1. The van der Waals surface area contributed by atoms with Gasteiger partial charge in [0.05, 0.1) is 7.11 Å². The van der Waals surface area contributed by atoms with Gasteiger partial charge in [-0.2, -0.15) is 0 Å². The number of benzene rings is 1. The monoisotopic (exact) mass is 307 g/mol. The first-order chi connectivity index (χ1) is 10.7. The predicted molar refractivity (Wildman–Crippen MR) is 89.6 cm³/mol. The maximum absolute atomic E-state index is 12.0. The Hall–Kier alpha value is -1.71. The van der Waals surface area contributed by atoms with Crippen LogP contribution in [0, 0.1) is 0 Å². The predicted octanol–water partition coefficient (Wildman–Crippen LogP) is 4.27. The number of phenols is 1. The quantitative estimate of drug-likeness (QED) is 0.600. The van der Waals surface area contributed by atoms with Crippen LogP contribution in [0.1, 0.15) is 68.6 Å². The summed E-state index contributed by atoms with van der Waals surface area (Å²) in [7, 11) is 1.47. The first kappa shape index (κ1) is 18.3. The topological polar surface area (TPSA) is 58.6 Å². The number of rotatable bonds is 11. The molecule has 2 N–H and O–H groups in total. The largest absolute Gasteiger partial charge is 0.504 e. The normalized spacial score (nSPS) is 10.5. The van der Waals surface area contributed by atoms with Crippen molar-refractivity contribution in [3.63, 3.8) is 0 Å². The van der Waals surface area contributed by atoms with Gasteiger partial charge >= 0.3 is 0 Å². The van der Waals surface area contributed by atoms with Crippen molar-refractivity contribution in [2.45, 2.75) is 58.3 Å². The molecule has 0 saturated carbocycles. The number of amides is 1. The van der Waals surface area contributed by atoms with Crippen molar-refractivity contribution >= 4 is 5.91 Å². The molecule has 1 aromatic carbocycles. The van der Waals surface area contributed by atoms with Gasteiger partial charge < -0.3 is 15.2 Å². The molecule has 0 atom stereocenters. The van der Waals surface area contributed by atoms with E-state index in [0.717, 1.165) is 12.8 Å². The fraction of sp³-hybridized carbons (Fsp3) is 0.611. The number of carbonyl (C=O) groups is 1. The molecule has 4 nitrogen and oxygen atoms in total. The van der Waals surface area contributed by atoms with Crippen LogP contribution in [0.2, 0.25) is 0 Å². The van der Waals surface area contributed by atoms with Crippen LogP contribution < -0.4 is 10.1 Å². The molecule has 124 valence electrons. The summed E-state index contributed by atoms with van der Waals surface area (Å²) < 4.78 is 5.00. The number of hydrogen-bond donors (Lipinski definition) is 2. The summed E-state index contributed by atoms with van der Waals surface area (Å²) in [5, 5.41) is 12.4. The Bertz CT molecular complexity index is 446. The molecule has 1 rings (SSSR count). The highest BCUT2D eigenvalue weighted by atomic mass is 16.5. The molecule has 1 amide bonds. The van der Waals surface area contributed by atoms with E-state index in [4.69, 9.17) is 4.74 Å². The smallest absolute Gasteiger partial charge is 0.251 e. The lowest BCUT2D eigenvalue weighted by molar-refractivity contribution is 0.0952. The Balaban J connectivity index is 2.16. The maximum Gasteiger partial charge on any atom is 0.251 e. The number of unbranched alkanes of at least 4 members (excludes halogenated alkanes) is 7. The third-order valence-electron chi connectivity index (χ3n) is 3.76. The molecule has 0 saturated heterocycles. The standard InChI is InChI=1S/C18H29NO3/c1-3-4-5-6-7-8-9-10-13-19-18(21)15-11-12-16(20)17(14-15)22-2/h11-12,14,20H,3-10,13H2,1-2H3,(H,19,21). The summed E-state index contributed by atoms with van der Waals surface area (Å²) >= 11 is 0. The molecule has 0 aliphatic rings. The first-order valence-corrected chi connectivity index (χ1v) is 8.34. The minimum Gasteiger partial charge on any atom is -0.504 e. The molecular weight excluding hydrogens is 278 g/mol. The highest BCUT2D eigenvalue weighted by Crippen LogP contribution is 2.26. The summed E-state index contributed by atoms with van der Waals surface area (Å²) in [6.45, 7) is 2.92. The number of methoxy groups -OCH3 is 1. The van der Waals surface area contributed by atoms with Gasteiger partial charge in [0.1, 0.15) is 0 Å². The number of ether oxygens (including phenoxy) is 1. The van der Waals surface area contributed by atoms with Gasteiger partial charge in [0.15, 0.2) is 11.5 Å². The van der Waals surface area contributed by atoms with E-state index >= 15 is 0 Å². The van der Waals surface area contributed by atoms with Crippen LogP contribution in [-0.2, 0) is 0 Å². The van der Waals surface area contributed by atoms with E-state index in [1.165, 1.54) is 51.7 Å². The van der Waals surface area contributed by atoms with Crippen LogP contribution in [0.3, 0.4) is 0 Å². The molecule has 0 aliphatic heterocycles. The van der Waals surface area contributed by atoms with Gasteiger partial charge in [-0.25, -0.2) is 0 Å². The SMILES string of the molecule is CCCCCCCCCCNC(=O)c1ccc(O)c(OC)c1. The molecule has 0 aromatic heterocycles. The Morgan fingerprint density at radius 1 is 1.09 bits per heavy atom. The molecule has 4 heteroatoms. The van der Waals surface area contributed by atoms with Crippen molar-refractivity contribution in [3.05, 3.63) is 23.8 Å². The maximum atomic E-state index is 12.0. The van der Waals surface area contributed by atoms with Gasteiger partial charge in [-0.1, -0.05) is 51.9 Å². The minimum atomic E-state index is -0.124. The molecule has 0 unspecified atom stereocenters. The fourth-order valence-corrected chi connectivity index (χ4v) is 2.38. The van der Waals surface area contributed by atoms with E-state index in [9.17, 15) is 9.90 Å². The lowest BCUT2D eigenvalue weighted by Gasteiger charge is -2.08. The van der Waals surface area contributed by atoms with Crippen LogP contribution >= 0.6 is 0 Å². The van der Waals surface area contributed by atoms with Crippen LogP contribution in [0.5, 0.6) is 11.5 Å². The molecule has 0 bridgehead atoms. The van der Waals surface area contributed by atoms with E-state index in [1.54, 1.807) is 12.1 Å². The number of nitrogens with one attached hydrogen (secondary N) is 1. The van der Waals surface area contributed by atoms with Crippen LogP contribution in [-0.4, -0.2) is 24.7 Å². The average Bonchev–Trinajstić information content (AvgIpc) is 2.53. The Morgan fingerprint density at radius 3 is 2.36 bits per heavy atom. The molecule has 0 heterocycles. The minimum absolute atomic E-state index is 0.0436. The Morgan fingerprint density at radius 2 is 1.73 bits per heavy atom. The molecule has 22 heavy (non-hydrogen) atoms. The van der Waals surface area contributed by atoms with Crippen LogP contribution in [0.15, 0.2) is 18.2 Å². The second kappa shape index (κ2) is 10.9. The summed E-state index contributed by atoms with van der Waals surface area (Å²) in [5.41, 5.74) is 0.509. The Labute approximate surface area is 133 Å². The second-order valence-corrected chi connectivity index (χ2v) is 5.62. The van der Waals surface area contributed by atoms with Gasteiger partial charge in [-0.15, -0.1) is 0 Å². The molecular formula is C18H29NO3. The average molecular weight is 307 g/mol. The summed E-state index contributed by atoms with van der Waals surface area (Å²) in [5.74, 6) is 0.239. The van der Waals surface area contributed by atoms with Gasteiger partial charge in [0, 0.05) is 12.1 Å². The molecule has 0 radical (unpaired) electrons. The van der Waals surface area contributed by atoms with Crippen molar-refractivity contribution in [1.29, 1.82) is 0 Å². The first-order valence-electron chi connectivity index (χ1n) is 8.34. The van der Waals surface area contributed by atoms with E-state index in [2.05, 4.69) is 12.2 Å². The molecule has 0 spiro atoms. The zero-order chi connectivity index (χ0) is 16.2. The van der Waals surface area contributed by atoms with Crippen molar-refractivity contribution in [3.8, 4) is 11.5 Å². The molecule has 0 aliphatic carbocycles. The third-order valence-corrected chi connectivity index (χ3v) is 3.76. The summed E-state index contributed by atoms with van der Waals surface area (Å²) in [6.07, 6.45) is 10.00. The van der Waals surface area contributed by atoms with Gasteiger partial charge in [0.2, 0.25) is 0 Å². The van der Waals surface area contributed by atoms with Gasteiger partial charge in [0.25, 0.3) is 5.91 Å². The van der Waals surface area contributed by atoms with E-state index in [0.29, 0.717) is 17.9 Å². The summed E-state index contributed by atoms with van der Waals surface area (Å²) in [6, 6.07) is 4.63. The zero-order valence-corrected chi connectivity index (χ0v) is 13.9. The van der Waals surface area contributed by atoms with Crippen molar-refractivity contribution in [2.75, 3.05) is 13.7 Å². The third kappa shape index (κ3) is 6.83.